The van der Waals surface area contributed by atoms with Gasteiger partial charge in [0.2, 0.25) is 0 Å². The quantitative estimate of drug-likeness (QED) is 0.599. The molecule has 2 aromatic rings. The number of halogens is 2. The van der Waals surface area contributed by atoms with Gasteiger partial charge in [-0.25, -0.2) is 0 Å². The largest absolute Gasteiger partial charge is 0.368 e. The topological polar surface area (TPSA) is 66.7 Å². The van der Waals surface area contributed by atoms with E-state index in [-0.39, 0.29) is 16.6 Å². The number of rotatable bonds is 3. The predicted molar refractivity (Wildman–Crippen MR) is 97.7 cm³/mol. The Kier molecular flexibility index (Phi) is 5.11. The number of nitrogens with zero attached hydrogens (tertiary/aromatic N) is 3. The normalized spacial score (nSPS) is 14.5. The van der Waals surface area contributed by atoms with Crippen LogP contribution in [0.15, 0.2) is 42.5 Å². The first kappa shape index (κ1) is 17.5. The van der Waals surface area contributed by atoms with Crippen molar-refractivity contribution in [2.45, 2.75) is 0 Å². The van der Waals surface area contributed by atoms with Crippen LogP contribution in [0, 0.1) is 10.1 Å². The molecule has 0 aromatic heterocycles. The van der Waals surface area contributed by atoms with Gasteiger partial charge in [-0.3, -0.25) is 14.9 Å². The Labute approximate surface area is 154 Å². The summed E-state index contributed by atoms with van der Waals surface area (Å²) in [6.07, 6.45) is 0. The molecule has 0 atom stereocenters. The van der Waals surface area contributed by atoms with E-state index in [1.165, 1.54) is 12.1 Å². The summed E-state index contributed by atoms with van der Waals surface area (Å²) in [6.45, 7) is 2.36. The molecule has 130 valence electrons. The smallest absolute Gasteiger partial charge is 0.269 e. The number of nitro benzene ring substituents is 1. The van der Waals surface area contributed by atoms with Crippen molar-refractivity contribution in [1.29, 1.82) is 0 Å². The van der Waals surface area contributed by atoms with E-state index in [1.54, 1.807) is 35.2 Å². The summed E-state index contributed by atoms with van der Waals surface area (Å²) in [5.41, 5.74) is 1.37. The van der Waals surface area contributed by atoms with Crippen LogP contribution in [0.2, 0.25) is 10.0 Å². The minimum absolute atomic E-state index is 0.0631. The summed E-state index contributed by atoms with van der Waals surface area (Å²) in [4.78, 5) is 26.7. The van der Waals surface area contributed by atoms with Gasteiger partial charge in [0.15, 0.2) is 0 Å². The molecule has 1 fully saturated rings. The molecule has 0 N–H and O–H groups in total. The number of carbonyl (C=O) groups excluding carboxylic acids is 1. The molecule has 0 aliphatic carbocycles. The van der Waals surface area contributed by atoms with Gasteiger partial charge in [0, 0.05) is 44.0 Å². The van der Waals surface area contributed by atoms with Gasteiger partial charge < -0.3 is 9.80 Å². The van der Waals surface area contributed by atoms with Crippen molar-refractivity contribution >= 4 is 40.5 Å². The average molecular weight is 380 g/mol. The van der Waals surface area contributed by atoms with E-state index < -0.39 is 4.92 Å². The zero-order valence-corrected chi connectivity index (χ0v) is 14.7. The lowest BCUT2D eigenvalue weighted by Crippen LogP contribution is -2.48. The van der Waals surface area contributed by atoms with Gasteiger partial charge in [0.1, 0.15) is 0 Å². The highest BCUT2D eigenvalue weighted by Crippen LogP contribution is 2.27. The Morgan fingerprint density at radius 2 is 1.64 bits per heavy atom. The van der Waals surface area contributed by atoms with E-state index in [2.05, 4.69) is 4.90 Å². The summed E-state index contributed by atoms with van der Waals surface area (Å²) < 4.78 is 0. The van der Waals surface area contributed by atoms with Crippen LogP contribution >= 0.6 is 23.2 Å². The Morgan fingerprint density at radius 3 is 2.24 bits per heavy atom. The molecular weight excluding hydrogens is 365 g/mol. The summed E-state index contributed by atoms with van der Waals surface area (Å²) in [6, 6.07) is 11.4. The number of amides is 1. The molecule has 3 rings (SSSR count). The highest BCUT2D eigenvalue weighted by atomic mass is 35.5. The van der Waals surface area contributed by atoms with E-state index in [4.69, 9.17) is 23.2 Å². The molecule has 1 aliphatic heterocycles. The van der Waals surface area contributed by atoms with E-state index in [0.717, 1.165) is 5.69 Å². The number of non-ortho nitro benzene ring substituents is 1. The third kappa shape index (κ3) is 3.70. The number of piperazine rings is 1. The predicted octanol–water partition coefficient (Wildman–Crippen LogP) is 3.86. The second-order valence-corrected chi connectivity index (χ2v) is 6.44. The van der Waals surface area contributed by atoms with Crippen molar-refractivity contribution in [1.82, 2.24) is 4.90 Å². The first-order chi connectivity index (χ1) is 12.0. The van der Waals surface area contributed by atoms with Gasteiger partial charge in [0.05, 0.1) is 20.5 Å². The van der Waals surface area contributed by atoms with Gasteiger partial charge in [-0.15, -0.1) is 0 Å². The summed E-state index contributed by atoms with van der Waals surface area (Å²) in [5, 5.41) is 11.3. The molecule has 0 bridgehead atoms. The van der Waals surface area contributed by atoms with Gasteiger partial charge in [-0.05, 0) is 24.3 Å². The minimum atomic E-state index is -0.422. The first-order valence-corrected chi connectivity index (χ1v) is 8.45. The van der Waals surface area contributed by atoms with Crippen LogP contribution in [0.5, 0.6) is 0 Å². The van der Waals surface area contributed by atoms with Crippen molar-refractivity contribution in [3.63, 3.8) is 0 Å². The SMILES string of the molecule is O=C(c1cccc(Cl)c1Cl)N1CCN(c2ccc([N+](=O)[O-])cc2)CC1. The highest BCUT2D eigenvalue weighted by molar-refractivity contribution is 6.43. The highest BCUT2D eigenvalue weighted by Gasteiger charge is 2.24. The lowest BCUT2D eigenvalue weighted by Gasteiger charge is -2.36. The minimum Gasteiger partial charge on any atom is -0.368 e. The van der Waals surface area contributed by atoms with Crippen molar-refractivity contribution in [2.75, 3.05) is 31.1 Å². The van der Waals surface area contributed by atoms with Crippen molar-refractivity contribution in [2.24, 2.45) is 0 Å². The van der Waals surface area contributed by atoms with Crippen LogP contribution in [0.25, 0.3) is 0 Å². The van der Waals surface area contributed by atoms with Gasteiger partial charge >= 0.3 is 0 Å². The molecule has 6 nitrogen and oxygen atoms in total. The maximum atomic E-state index is 12.6. The van der Waals surface area contributed by atoms with Crippen LogP contribution < -0.4 is 4.90 Å². The second kappa shape index (κ2) is 7.29. The average Bonchev–Trinajstić information content (AvgIpc) is 2.64. The molecule has 25 heavy (non-hydrogen) atoms. The molecule has 0 spiro atoms. The molecule has 1 aliphatic rings. The van der Waals surface area contributed by atoms with Crippen molar-refractivity contribution < 1.29 is 9.72 Å². The standard InChI is InChI=1S/C17H15Cl2N3O3/c18-15-3-1-2-14(16(15)19)17(23)21-10-8-20(9-11-21)12-4-6-13(7-5-12)22(24)25/h1-7H,8-11H2. The van der Waals surface area contributed by atoms with Gasteiger partial charge in [0.25, 0.3) is 11.6 Å². The zero-order chi connectivity index (χ0) is 18.0. The third-order valence-electron chi connectivity index (χ3n) is 4.17. The van der Waals surface area contributed by atoms with Crippen molar-refractivity contribution in [3.05, 3.63) is 68.2 Å². The summed E-state index contributed by atoms with van der Waals surface area (Å²) in [5.74, 6) is -0.143. The number of anilines is 1. The fourth-order valence-corrected chi connectivity index (χ4v) is 3.17. The van der Waals surface area contributed by atoms with Gasteiger partial charge in [-0.1, -0.05) is 29.3 Å². The molecule has 1 heterocycles. The van der Waals surface area contributed by atoms with E-state index in [9.17, 15) is 14.9 Å². The molecular formula is C17H15Cl2N3O3. The number of benzene rings is 2. The third-order valence-corrected chi connectivity index (χ3v) is 4.99. The molecule has 2 aromatic carbocycles. The Balaban J connectivity index is 1.66. The lowest BCUT2D eigenvalue weighted by molar-refractivity contribution is -0.384. The molecule has 1 amide bonds. The molecule has 0 unspecified atom stereocenters. The number of carbonyl (C=O) groups is 1. The fraction of sp³-hybridized carbons (Fsp3) is 0.235. The summed E-state index contributed by atoms with van der Waals surface area (Å²) in [7, 11) is 0. The Hall–Kier alpha value is -2.31. The molecule has 0 radical (unpaired) electrons. The van der Waals surface area contributed by atoms with E-state index in [1.807, 2.05) is 0 Å². The van der Waals surface area contributed by atoms with E-state index in [0.29, 0.717) is 36.8 Å². The molecule has 8 heteroatoms. The second-order valence-electron chi connectivity index (χ2n) is 5.65. The molecule has 0 saturated carbocycles. The van der Waals surface area contributed by atoms with Crippen LogP contribution in [0.1, 0.15) is 10.4 Å². The molecule has 1 saturated heterocycles. The monoisotopic (exact) mass is 379 g/mol. The van der Waals surface area contributed by atoms with E-state index >= 15 is 0 Å². The Bertz CT molecular complexity index is 803. The maximum Gasteiger partial charge on any atom is 0.269 e. The zero-order valence-electron chi connectivity index (χ0n) is 13.2. The fourth-order valence-electron chi connectivity index (χ4n) is 2.79. The number of hydrogen-bond acceptors (Lipinski definition) is 4. The number of hydrogen-bond donors (Lipinski definition) is 0. The maximum absolute atomic E-state index is 12.6. The first-order valence-electron chi connectivity index (χ1n) is 7.70. The number of nitro groups is 1. The summed E-state index contributed by atoms with van der Waals surface area (Å²) >= 11 is 12.1. The Morgan fingerprint density at radius 1 is 1.00 bits per heavy atom. The van der Waals surface area contributed by atoms with Crippen LogP contribution in [0.3, 0.4) is 0 Å². The van der Waals surface area contributed by atoms with Crippen LogP contribution in [0.4, 0.5) is 11.4 Å². The van der Waals surface area contributed by atoms with Crippen molar-refractivity contribution in [3.8, 4) is 0 Å². The van der Waals surface area contributed by atoms with Gasteiger partial charge in [-0.2, -0.15) is 0 Å². The van der Waals surface area contributed by atoms with Crippen LogP contribution in [-0.2, 0) is 0 Å². The lowest BCUT2D eigenvalue weighted by atomic mass is 10.1. The van der Waals surface area contributed by atoms with Crippen LogP contribution in [-0.4, -0.2) is 41.9 Å².